The van der Waals surface area contributed by atoms with Gasteiger partial charge in [0.15, 0.2) is 0 Å². The Labute approximate surface area is 252 Å². The highest BCUT2D eigenvalue weighted by molar-refractivity contribution is 7.92. The minimum atomic E-state index is -4.19. The van der Waals surface area contributed by atoms with Crippen LogP contribution in [0.3, 0.4) is 0 Å². The van der Waals surface area contributed by atoms with Gasteiger partial charge in [0.25, 0.3) is 10.0 Å². The van der Waals surface area contributed by atoms with E-state index in [4.69, 9.17) is 27.9 Å². The van der Waals surface area contributed by atoms with Gasteiger partial charge in [-0.05, 0) is 73.9 Å². The monoisotopic (exact) mass is 619 g/mol. The van der Waals surface area contributed by atoms with Crippen LogP contribution >= 0.6 is 23.2 Å². The van der Waals surface area contributed by atoms with Crippen molar-refractivity contribution in [3.63, 3.8) is 0 Å². The zero-order valence-corrected chi connectivity index (χ0v) is 25.9. The number of anilines is 1. The first-order chi connectivity index (χ1) is 19.5. The van der Waals surface area contributed by atoms with Crippen LogP contribution < -0.4 is 14.4 Å². The lowest BCUT2D eigenvalue weighted by atomic mass is 10.1. The number of nitrogens with one attached hydrogen (secondary N) is 1. The van der Waals surface area contributed by atoms with E-state index in [1.165, 1.54) is 24.1 Å². The Kier molecular flexibility index (Phi) is 11.5. The van der Waals surface area contributed by atoms with E-state index >= 15 is 0 Å². The third-order valence-corrected chi connectivity index (χ3v) is 8.91. The standard InChI is InChI=1S/C30H35Cl2N3O5S/c1-5-17-33-30(37)28(6-2)34(19-22-9-10-23(31)18-27(22)32)29(36)20-35(24-11-7-21(3)8-12-24)41(38,39)26-15-13-25(40-4)14-16-26/h7-16,18,28H,5-6,17,19-20H2,1-4H3,(H,33,37)/t28-/m1/s1. The normalized spacial score (nSPS) is 12.0. The van der Waals surface area contributed by atoms with Gasteiger partial charge < -0.3 is 15.0 Å². The molecule has 0 saturated heterocycles. The zero-order chi connectivity index (χ0) is 30.2. The molecule has 41 heavy (non-hydrogen) atoms. The number of halogens is 2. The highest BCUT2D eigenvalue weighted by Crippen LogP contribution is 2.28. The van der Waals surface area contributed by atoms with Crippen LogP contribution in [-0.4, -0.2) is 51.4 Å². The fourth-order valence-electron chi connectivity index (χ4n) is 4.23. The van der Waals surface area contributed by atoms with Crippen LogP contribution in [-0.2, 0) is 26.2 Å². The lowest BCUT2D eigenvalue weighted by Crippen LogP contribution is -2.52. The first kappa shape index (κ1) is 32.2. The molecule has 220 valence electrons. The average Bonchev–Trinajstić information content (AvgIpc) is 2.96. The summed E-state index contributed by atoms with van der Waals surface area (Å²) in [5.74, 6) is -0.392. The van der Waals surface area contributed by atoms with E-state index in [1.807, 2.05) is 13.8 Å². The van der Waals surface area contributed by atoms with Gasteiger partial charge in [0.2, 0.25) is 11.8 Å². The lowest BCUT2D eigenvalue weighted by Gasteiger charge is -2.33. The topological polar surface area (TPSA) is 96.0 Å². The van der Waals surface area contributed by atoms with Crippen LogP contribution in [0.25, 0.3) is 0 Å². The summed E-state index contributed by atoms with van der Waals surface area (Å²) >= 11 is 12.5. The number of ether oxygens (including phenoxy) is 1. The smallest absolute Gasteiger partial charge is 0.264 e. The molecule has 0 bridgehead atoms. The van der Waals surface area contributed by atoms with Crippen molar-refractivity contribution in [2.24, 2.45) is 0 Å². The minimum absolute atomic E-state index is 0.00768. The van der Waals surface area contributed by atoms with Crippen molar-refractivity contribution in [3.8, 4) is 5.75 Å². The maximum atomic E-state index is 14.1. The molecule has 1 N–H and O–H groups in total. The molecule has 0 saturated carbocycles. The van der Waals surface area contributed by atoms with Gasteiger partial charge in [-0.25, -0.2) is 8.42 Å². The number of benzene rings is 3. The molecular formula is C30H35Cl2N3O5S. The van der Waals surface area contributed by atoms with E-state index in [2.05, 4.69) is 5.32 Å². The van der Waals surface area contributed by atoms with Gasteiger partial charge in [-0.15, -0.1) is 0 Å². The third kappa shape index (κ3) is 8.15. The Morgan fingerprint density at radius 2 is 1.63 bits per heavy atom. The van der Waals surface area contributed by atoms with Crippen molar-refractivity contribution in [1.29, 1.82) is 0 Å². The number of carbonyl (C=O) groups excluding carboxylic acids is 2. The predicted molar refractivity (Wildman–Crippen MR) is 163 cm³/mol. The Bertz CT molecular complexity index is 1450. The number of methoxy groups -OCH3 is 1. The van der Waals surface area contributed by atoms with Crippen LogP contribution in [0.5, 0.6) is 5.75 Å². The van der Waals surface area contributed by atoms with Crippen molar-refractivity contribution in [1.82, 2.24) is 10.2 Å². The van der Waals surface area contributed by atoms with E-state index in [9.17, 15) is 18.0 Å². The average molecular weight is 621 g/mol. The van der Waals surface area contributed by atoms with E-state index in [0.717, 1.165) is 16.3 Å². The van der Waals surface area contributed by atoms with Gasteiger partial charge in [0.1, 0.15) is 18.3 Å². The summed E-state index contributed by atoms with van der Waals surface area (Å²) in [6.45, 7) is 5.50. The molecule has 0 aliphatic heterocycles. The molecule has 1 atom stereocenters. The largest absolute Gasteiger partial charge is 0.497 e. The molecule has 0 radical (unpaired) electrons. The number of hydrogen-bond acceptors (Lipinski definition) is 5. The van der Waals surface area contributed by atoms with Crippen molar-refractivity contribution in [3.05, 3.63) is 87.9 Å². The SMILES string of the molecule is CCCNC(=O)[C@@H](CC)N(Cc1ccc(Cl)cc1Cl)C(=O)CN(c1ccc(C)cc1)S(=O)(=O)c1ccc(OC)cc1. The Morgan fingerprint density at radius 3 is 2.20 bits per heavy atom. The summed E-state index contributed by atoms with van der Waals surface area (Å²) in [5, 5.41) is 3.62. The number of nitrogens with zero attached hydrogens (tertiary/aromatic N) is 2. The Balaban J connectivity index is 2.07. The lowest BCUT2D eigenvalue weighted by molar-refractivity contribution is -0.140. The molecule has 0 aromatic heterocycles. The summed E-state index contributed by atoms with van der Waals surface area (Å²) in [7, 11) is -2.70. The van der Waals surface area contributed by atoms with Gasteiger partial charge in [-0.3, -0.25) is 13.9 Å². The molecule has 0 heterocycles. The van der Waals surface area contributed by atoms with Gasteiger partial charge in [-0.2, -0.15) is 0 Å². The molecule has 3 aromatic carbocycles. The number of rotatable bonds is 13. The molecule has 0 aliphatic rings. The van der Waals surface area contributed by atoms with Crippen LogP contribution in [0.15, 0.2) is 71.6 Å². The molecule has 3 aromatic rings. The van der Waals surface area contributed by atoms with E-state index in [-0.39, 0.29) is 17.3 Å². The van der Waals surface area contributed by atoms with Gasteiger partial charge in [-0.1, -0.05) is 60.8 Å². The van der Waals surface area contributed by atoms with E-state index in [0.29, 0.717) is 40.0 Å². The second kappa shape index (κ2) is 14.6. The highest BCUT2D eigenvalue weighted by Gasteiger charge is 2.34. The highest BCUT2D eigenvalue weighted by atomic mass is 35.5. The van der Waals surface area contributed by atoms with Crippen LogP contribution in [0.2, 0.25) is 10.0 Å². The predicted octanol–water partition coefficient (Wildman–Crippen LogP) is 5.84. The quantitative estimate of drug-likeness (QED) is 0.259. The molecule has 2 amide bonds. The molecule has 0 fully saturated rings. The number of aryl methyl sites for hydroxylation is 1. The maximum absolute atomic E-state index is 14.1. The van der Waals surface area contributed by atoms with E-state index in [1.54, 1.807) is 61.5 Å². The number of carbonyl (C=O) groups is 2. The number of sulfonamides is 1. The third-order valence-electron chi connectivity index (χ3n) is 6.54. The molecule has 0 unspecified atom stereocenters. The minimum Gasteiger partial charge on any atom is -0.497 e. The van der Waals surface area contributed by atoms with Crippen molar-refractivity contribution in [2.75, 3.05) is 24.5 Å². The number of amides is 2. The fourth-order valence-corrected chi connectivity index (χ4v) is 6.12. The molecule has 0 aliphatic carbocycles. The molecule has 0 spiro atoms. The molecule has 3 rings (SSSR count). The summed E-state index contributed by atoms with van der Waals surface area (Å²) in [4.78, 5) is 28.6. The summed E-state index contributed by atoms with van der Waals surface area (Å²) < 4.78 is 34.1. The second-order valence-electron chi connectivity index (χ2n) is 9.50. The summed E-state index contributed by atoms with van der Waals surface area (Å²) in [6.07, 6.45) is 1.03. The van der Waals surface area contributed by atoms with Crippen molar-refractivity contribution >= 4 is 50.7 Å². The van der Waals surface area contributed by atoms with Gasteiger partial charge >= 0.3 is 0 Å². The first-order valence-electron chi connectivity index (χ1n) is 13.3. The van der Waals surface area contributed by atoms with Gasteiger partial charge in [0, 0.05) is 23.1 Å². The van der Waals surface area contributed by atoms with Crippen LogP contribution in [0, 0.1) is 6.92 Å². The zero-order valence-electron chi connectivity index (χ0n) is 23.6. The number of hydrogen-bond donors (Lipinski definition) is 1. The fraction of sp³-hybridized carbons (Fsp3) is 0.333. The summed E-state index contributed by atoms with van der Waals surface area (Å²) in [6, 6.07) is 16.8. The second-order valence-corrected chi connectivity index (χ2v) is 12.2. The molecule has 8 nitrogen and oxygen atoms in total. The van der Waals surface area contributed by atoms with Crippen LogP contribution in [0.1, 0.15) is 37.8 Å². The van der Waals surface area contributed by atoms with Crippen molar-refractivity contribution in [2.45, 2.75) is 51.1 Å². The first-order valence-corrected chi connectivity index (χ1v) is 15.5. The van der Waals surface area contributed by atoms with Gasteiger partial charge in [0.05, 0.1) is 17.7 Å². The molecular weight excluding hydrogens is 585 g/mol. The Hall–Kier alpha value is -3.27. The Morgan fingerprint density at radius 1 is 0.976 bits per heavy atom. The van der Waals surface area contributed by atoms with Crippen molar-refractivity contribution < 1.29 is 22.7 Å². The summed E-state index contributed by atoms with van der Waals surface area (Å²) in [5.41, 5.74) is 1.82. The van der Waals surface area contributed by atoms with E-state index < -0.39 is 28.5 Å². The molecule has 11 heteroatoms. The maximum Gasteiger partial charge on any atom is 0.264 e. The van der Waals surface area contributed by atoms with Crippen LogP contribution in [0.4, 0.5) is 5.69 Å².